The van der Waals surface area contributed by atoms with Crippen LogP contribution in [0.3, 0.4) is 0 Å². The normalized spacial score (nSPS) is 21.8. The van der Waals surface area contributed by atoms with Crippen molar-refractivity contribution in [1.29, 1.82) is 0 Å². The van der Waals surface area contributed by atoms with Crippen molar-refractivity contribution in [3.05, 3.63) is 34.1 Å². The monoisotopic (exact) mass is 341 g/mol. The molecule has 0 aromatic heterocycles. The topological polar surface area (TPSA) is 12.0 Å². The van der Waals surface area contributed by atoms with Gasteiger partial charge in [0.05, 0.1) is 4.47 Å². The Morgan fingerprint density at radius 3 is 2.35 bits per heavy atom. The van der Waals surface area contributed by atoms with Crippen molar-refractivity contribution < 1.29 is 4.39 Å². The van der Waals surface area contributed by atoms with Crippen LogP contribution in [0.25, 0.3) is 0 Å². The van der Waals surface area contributed by atoms with E-state index in [0.29, 0.717) is 27.3 Å². The van der Waals surface area contributed by atoms with E-state index in [0.717, 1.165) is 18.5 Å². The number of rotatable bonds is 5. The van der Waals surface area contributed by atoms with Gasteiger partial charge in [0, 0.05) is 6.04 Å². The van der Waals surface area contributed by atoms with Crippen LogP contribution in [0.1, 0.15) is 40.2 Å². The Morgan fingerprint density at radius 2 is 1.85 bits per heavy atom. The highest BCUT2D eigenvalue weighted by Gasteiger charge is 2.66. The molecule has 1 N–H and O–H groups in total. The minimum atomic E-state index is -0.174. The molecule has 0 aliphatic heterocycles. The fourth-order valence-electron chi connectivity index (χ4n) is 3.77. The van der Waals surface area contributed by atoms with Gasteiger partial charge in [0.25, 0.3) is 0 Å². The maximum Gasteiger partial charge on any atom is 0.137 e. The molecule has 1 aromatic rings. The van der Waals surface area contributed by atoms with E-state index in [1.165, 1.54) is 6.07 Å². The third-order valence-corrected chi connectivity index (χ3v) is 6.36. The van der Waals surface area contributed by atoms with E-state index < -0.39 is 0 Å². The Hall–Kier alpha value is -0.410. The molecule has 1 unspecified atom stereocenters. The number of nitrogens with one attached hydrogen (secondary N) is 1. The average Bonchev–Trinajstić information content (AvgIpc) is 2.75. The summed E-state index contributed by atoms with van der Waals surface area (Å²) < 4.78 is 14.3. The summed E-state index contributed by atoms with van der Waals surface area (Å²) in [5.74, 6) is 0.442. The van der Waals surface area contributed by atoms with E-state index in [2.05, 4.69) is 55.9 Å². The Kier molecular flexibility index (Phi) is 4.32. The van der Waals surface area contributed by atoms with E-state index in [1.807, 2.05) is 6.07 Å². The third-order valence-electron chi connectivity index (χ3n) is 5.47. The molecule has 0 heterocycles. The van der Waals surface area contributed by atoms with E-state index in [-0.39, 0.29) is 5.82 Å². The lowest BCUT2D eigenvalue weighted by Gasteiger charge is -2.21. The van der Waals surface area contributed by atoms with E-state index in [4.69, 9.17) is 0 Å². The first-order valence-electron chi connectivity index (χ1n) is 7.39. The summed E-state index contributed by atoms with van der Waals surface area (Å²) in [6.07, 6.45) is 0.865. The maximum absolute atomic E-state index is 13.7. The van der Waals surface area contributed by atoms with Crippen LogP contribution in [-0.2, 0) is 6.42 Å². The molecule has 1 atom stereocenters. The summed E-state index contributed by atoms with van der Waals surface area (Å²) in [5.41, 5.74) is 1.72. The predicted octanol–water partition coefficient (Wildman–Crippen LogP) is 4.79. The van der Waals surface area contributed by atoms with Crippen LogP contribution in [0.5, 0.6) is 0 Å². The number of halogens is 2. The molecule has 3 heteroatoms. The molecule has 0 spiro atoms. The van der Waals surface area contributed by atoms with Crippen LogP contribution in [-0.4, -0.2) is 12.6 Å². The van der Waals surface area contributed by atoms with Crippen LogP contribution < -0.4 is 5.32 Å². The van der Waals surface area contributed by atoms with Crippen molar-refractivity contribution in [1.82, 2.24) is 5.32 Å². The molecule has 0 bridgehead atoms. The zero-order chi connectivity index (χ0) is 15.1. The fraction of sp³-hybridized carbons (Fsp3) is 0.647. The van der Waals surface area contributed by atoms with Gasteiger partial charge in [-0.25, -0.2) is 4.39 Å². The summed E-state index contributed by atoms with van der Waals surface area (Å²) in [5, 5.41) is 3.61. The van der Waals surface area contributed by atoms with Crippen LogP contribution in [0, 0.1) is 22.6 Å². The van der Waals surface area contributed by atoms with Crippen molar-refractivity contribution in [3.63, 3.8) is 0 Å². The standard InChI is InChI=1S/C17H25BrFN/c1-6-20-13(15-16(2,3)17(15,4)5)10-11-8-7-9-12(19)14(11)18/h7-9,13,15,20H,6,10H2,1-5H3. The fourth-order valence-corrected chi connectivity index (χ4v) is 4.19. The molecule has 0 amide bonds. The molecule has 2 rings (SSSR count). The van der Waals surface area contributed by atoms with Gasteiger partial charge in [-0.2, -0.15) is 0 Å². The van der Waals surface area contributed by atoms with Gasteiger partial charge in [-0.05, 0) is 57.3 Å². The molecule has 1 aliphatic carbocycles. The first-order valence-corrected chi connectivity index (χ1v) is 8.19. The SMILES string of the molecule is CCNC(Cc1cccc(F)c1Br)C1C(C)(C)C1(C)C. The van der Waals surface area contributed by atoms with E-state index in [9.17, 15) is 4.39 Å². The van der Waals surface area contributed by atoms with Crippen LogP contribution in [0.15, 0.2) is 22.7 Å². The predicted molar refractivity (Wildman–Crippen MR) is 86.3 cm³/mol. The minimum Gasteiger partial charge on any atom is -0.314 e. The summed E-state index contributed by atoms with van der Waals surface area (Å²) >= 11 is 3.38. The highest BCUT2D eigenvalue weighted by Crippen LogP contribution is 2.69. The Balaban J connectivity index is 2.22. The maximum atomic E-state index is 13.7. The molecule has 1 nitrogen and oxygen atoms in total. The lowest BCUT2D eigenvalue weighted by atomic mass is 9.96. The van der Waals surface area contributed by atoms with Crippen molar-refractivity contribution in [2.24, 2.45) is 16.7 Å². The first-order chi connectivity index (χ1) is 9.23. The van der Waals surface area contributed by atoms with Gasteiger partial charge >= 0.3 is 0 Å². The largest absolute Gasteiger partial charge is 0.314 e. The second-order valence-electron chi connectivity index (χ2n) is 7.00. The summed E-state index contributed by atoms with van der Waals surface area (Å²) in [4.78, 5) is 0. The zero-order valence-electron chi connectivity index (χ0n) is 13.1. The van der Waals surface area contributed by atoms with Gasteiger partial charge in [0.15, 0.2) is 0 Å². The van der Waals surface area contributed by atoms with E-state index >= 15 is 0 Å². The molecule has 20 heavy (non-hydrogen) atoms. The van der Waals surface area contributed by atoms with Crippen LogP contribution >= 0.6 is 15.9 Å². The molecule has 1 aliphatic rings. The molecule has 112 valence electrons. The lowest BCUT2D eigenvalue weighted by molar-refractivity contribution is 0.402. The second kappa shape index (κ2) is 5.42. The van der Waals surface area contributed by atoms with Gasteiger partial charge in [-0.15, -0.1) is 0 Å². The zero-order valence-corrected chi connectivity index (χ0v) is 14.6. The first kappa shape index (κ1) is 16.0. The third kappa shape index (κ3) is 2.55. The quantitative estimate of drug-likeness (QED) is 0.811. The van der Waals surface area contributed by atoms with Gasteiger partial charge in [0.1, 0.15) is 5.82 Å². The molecule has 0 saturated heterocycles. The Morgan fingerprint density at radius 1 is 1.25 bits per heavy atom. The summed E-state index contributed by atoms with van der Waals surface area (Å²) in [7, 11) is 0. The van der Waals surface area contributed by atoms with Gasteiger partial charge in [-0.3, -0.25) is 0 Å². The molecule has 1 fully saturated rings. The molecular formula is C17H25BrFN. The molecular weight excluding hydrogens is 317 g/mol. The van der Waals surface area contributed by atoms with Gasteiger partial charge < -0.3 is 5.32 Å². The highest BCUT2D eigenvalue weighted by atomic mass is 79.9. The average molecular weight is 342 g/mol. The molecule has 0 radical (unpaired) electrons. The number of benzene rings is 1. The van der Waals surface area contributed by atoms with Crippen molar-refractivity contribution >= 4 is 15.9 Å². The summed E-state index contributed by atoms with van der Waals surface area (Å²) in [6, 6.07) is 5.70. The Labute approximate surface area is 130 Å². The second-order valence-corrected chi connectivity index (χ2v) is 7.80. The number of likely N-dealkylation sites (N-methyl/N-ethyl adjacent to an activating group) is 1. The minimum absolute atomic E-state index is 0.174. The number of hydrogen-bond donors (Lipinski definition) is 1. The van der Waals surface area contributed by atoms with Crippen LogP contribution in [0.4, 0.5) is 4.39 Å². The number of hydrogen-bond acceptors (Lipinski definition) is 1. The van der Waals surface area contributed by atoms with Crippen LogP contribution in [0.2, 0.25) is 0 Å². The van der Waals surface area contributed by atoms with Crippen molar-refractivity contribution in [2.45, 2.75) is 47.1 Å². The molecule has 1 saturated carbocycles. The smallest absolute Gasteiger partial charge is 0.137 e. The van der Waals surface area contributed by atoms with E-state index in [1.54, 1.807) is 6.07 Å². The summed E-state index contributed by atoms with van der Waals surface area (Å²) in [6.45, 7) is 12.4. The van der Waals surface area contributed by atoms with Crippen molar-refractivity contribution in [2.75, 3.05) is 6.54 Å². The van der Waals surface area contributed by atoms with Crippen molar-refractivity contribution in [3.8, 4) is 0 Å². The van der Waals surface area contributed by atoms with Gasteiger partial charge in [0.2, 0.25) is 0 Å². The van der Waals surface area contributed by atoms with Gasteiger partial charge in [-0.1, -0.05) is 46.8 Å². The highest BCUT2D eigenvalue weighted by molar-refractivity contribution is 9.10. The molecule has 1 aromatic carbocycles. The Bertz CT molecular complexity index is 482. The lowest BCUT2D eigenvalue weighted by Crippen LogP contribution is -2.35.